The van der Waals surface area contributed by atoms with Gasteiger partial charge in [0.05, 0.1) is 0 Å². The van der Waals surface area contributed by atoms with E-state index >= 15 is 0 Å². The number of nitrogens with one attached hydrogen (secondary N) is 1. The lowest BCUT2D eigenvalue weighted by molar-refractivity contribution is 0.598. The zero-order valence-electron chi connectivity index (χ0n) is 10.0. The summed E-state index contributed by atoms with van der Waals surface area (Å²) in [4.78, 5) is 6.80. The summed E-state index contributed by atoms with van der Waals surface area (Å²) in [6.07, 6.45) is 4.49. The zero-order valence-corrected chi connectivity index (χ0v) is 10.8. The van der Waals surface area contributed by atoms with Crippen molar-refractivity contribution in [3.63, 3.8) is 0 Å². The first-order valence-corrected chi connectivity index (χ1v) is 6.99. The predicted octanol–water partition coefficient (Wildman–Crippen LogP) is 2.48. The second-order valence-corrected chi connectivity index (χ2v) is 5.59. The molecule has 0 saturated carbocycles. The molecule has 3 rings (SSSR count). The molecule has 17 heavy (non-hydrogen) atoms. The third-order valence-corrected chi connectivity index (χ3v) is 4.26. The summed E-state index contributed by atoms with van der Waals surface area (Å²) >= 11 is 1.78. The first-order valence-electron chi connectivity index (χ1n) is 6.11. The van der Waals surface area contributed by atoms with E-state index in [0.717, 1.165) is 18.9 Å². The molecular formula is C13H17N3S. The van der Waals surface area contributed by atoms with Crippen LogP contribution in [0.5, 0.6) is 0 Å². The van der Waals surface area contributed by atoms with Gasteiger partial charge in [0.2, 0.25) is 0 Å². The number of fused-ring (bicyclic) bond motifs is 1. The van der Waals surface area contributed by atoms with Gasteiger partial charge in [-0.15, -0.1) is 11.3 Å². The average Bonchev–Trinajstić information content (AvgIpc) is 2.97. The van der Waals surface area contributed by atoms with Crippen molar-refractivity contribution in [1.82, 2.24) is 10.3 Å². The van der Waals surface area contributed by atoms with Gasteiger partial charge in [-0.2, -0.15) is 0 Å². The molecule has 0 aliphatic carbocycles. The molecule has 3 nitrogen and oxygen atoms in total. The summed E-state index contributed by atoms with van der Waals surface area (Å²) in [6.45, 7) is 2.20. The van der Waals surface area contributed by atoms with Gasteiger partial charge in [0.25, 0.3) is 0 Å². The Morgan fingerprint density at radius 3 is 3.29 bits per heavy atom. The van der Waals surface area contributed by atoms with Crippen molar-refractivity contribution in [2.24, 2.45) is 0 Å². The van der Waals surface area contributed by atoms with Crippen LogP contribution in [0.15, 0.2) is 23.7 Å². The lowest BCUT2D eigenvalue weighted by Crippen LogP contribution is -2.35. The molecular weight excluding hydrogens is 230 g/mol. The second-order valence-electron chi connectivity index (χ2n) is 4.64. The summed E-state index contributed by atoms with van der Waals surface area (Å²) < 4.78 is 1.32. The van der Waals surface area contributed by atoms with Gasteiger partial charge >= 0.3 is 0 Å². The third-order valence-electron chi connectivity index (χ3n) is 3.38. The topological polar surface area (TPSA) is 28.2 Å². The summed E-state index contributed by atoms with van der Waals surface area (Å²) in [6, 6.07) is 4.88. The number of hydrogen-bond donors (Lipinski definition) is 1. The van der Waals surface area contributed by atoms with E-state index in [0.29, 0.717) is 6.04 Å². The van der Waals surface area contributed by atoms with Gasteiger partial charge in [-0.05, 0) is 36.9 Å². The quantitative estimate of drug-likeness (QED) is 0.903. The number of thiophene rings is 1. The summed E-state index contributed by atoms with van der Waals surface area (Å²) in [5.74, 6) is 1.11. The Labute approximate surface area is 105 Å². The highest BCUT2D eigenvalue weighted by atomic mass is 32.1. The third kappa shape index (κ3) is 2.15. The number of anilines is 1. The Balaban J connectivity index is 1.84. The standard InChI is InChI=1S/C13H17N3S/c1-16(9-10-3-2-6-14-10)13-11-5-8-17-12(11)4-7-15-13/h4-5,7-8,10,14H,2-3,6,9H2,1H3. The molecule has 1 N–H and O–H groups in total. The molecule has 0 aromatic carbocycles. The van der Waals surface area contributed by atoms with Crippen LogP contribution in [-0.2, 0) is 0 Å². The van der Waals surface area contributed by atoms with Gasteiger partial charge in [0.1, 0.15) is 5.82 Å². The first-order chi connectivity index (χ1) is 8.34. The number of rotatable bonds is 3. The van der Waals surface area contributed by atoms with Crippen molar-refractivity contribution < 1.29 is 0 Å². The van der Waals surface area contributed by atoms with Crippen LogP contribution in [-0.4, -0.2) is 31.2 Å². The van der Waals surface area contributed by atoms with Crippen LogP contribution in [0.3, 0.4) is 0 Å². The highest BCUT2D eigenvalue weighted by Gasteiger charge is 2.17. The number of aromatic nitrogens is 1. The molecule has 0 amide bonds. The fourth-order valence-corrected chi connectivity index (χ4v) is 3.29. The molecule has 4 heteroatoms. The summed E-state index contributed by atoms with van der Waals surface area (Å²) in [5, 5.41) is 6.94. The highest BCUT2D eigenvalue weighted by Crippen LogP contribution is 2.28. The molecule has 0 spiro atoms. The molecule has 0 radical (unpaired) electrons. The fraction of sp³-hybridized carbons (Fsp3) is 0.462. The first kappa shape index (κ1) is 11.0. The maximum absolute atomic E-state index is 4.53. The number of likely N-dealkylation sites (N-methyl/N-ethyl adjacent to an activating group) is 1. The Morgan fingerprint density at radius 2 is 2.47 bits per heavy atom. The van der Waals surface area contributed by atoms with Gasteiger partial charge in [0, 0.05) is 35.9 Å². The van der Waals surface area contributed by atoms with Gasteiger partial charge in [-0.25, -0.2) is 4.98 Å². The minimum Gasteiger partial charge on any atom is -0.358 e. The fourth-order valence-electron chi connectivity index (χ4n) is 2.51. The Bertz CT molecular complexity index is 502. The molecule has 1 saturated heterocycles. The van der Waals surface area contributed by atoms with Crippen molar-refractivity contribution >= 4 is 27.2 Å². The van der Waals surface area contributed by atoms with E-state index in [2.05, 4.69) is 39.8 Å². The average molecular weight is 247 g/mol. The molecule has 1 fully saturated rings. The van der Waals surface area contributed by atoms with Crippen molar-refractivity contribution in [2.75, 3.05) is 25.0 Å². The monoisotopic (exact) mass is 247 g/mol. The molecule has 1 atom stereocenters. The largest absolute Gasteiger partial charge is 0.358 e. The lowest BCUT2D eigenvalue weighted by atomic mass is 10.2. The lowest BCUT2D eigenvalue weighted by Gasteiger charge is -2.22. The Hall–Kier alpha value is -1.13. The van der Waals surface area contributed by atoms with E-state index in [1.165, 1.54) is 22.9 Å². The minimum absolute atomic E-state index is 0.621. The van der Waals surface area contributed by atoms with E-state index in [9.17, 15) is 0 Å². The SMILES string of the molecule is CN(CC1CCCN1)c1nccc2sccc12. The minimum atomic E-state index is 0.621. The van der Waals surface area contributed by atoms with Crippen LogP contribution in [0.4, 0.5) is 5.82 Å². The van der Waals surface area contributed by atoms with E-state index < -0.39 is 0 Å². The molecule has 3 heterocycles. The van der Waals surface area contributed by atoms with Crippen LogP contribution in [0.1, 0.15) is 12.8 Å². The molecule has 90 valence electrons. The molecule has 0 bridgehead atoms. The van der Waals surface area contributed by atoms with Crippen LogP contribution >= 0.6 is 11.3 Å². The molecule has 1 aliphatic rings. The smallest absolute Gasteiger partial charge is 0.137 e. The molecule has 2 aromatic heterocycles. The zero-order chi connectivity index (χ0) is 11.7. The summed E-state index contributed by atoms with van der Waals surface area (Å²) in [7, 11) is 2.14. The van der Waals surface area contributed by atoms with Crippen LogP contribution in [0.2, 0.25) is 0 Å². The number of hydrogen-bond acceptors (Lipinski definition) is 4. The molecule has 1 aliphatic heterocycles. The van der Waals surface area contributed by atoms with Crippen molar-refractivity contribution in [1.29, 1.82) is 0 Å². The van der Waals surface area contributed by atoms with Crippen molar-refractivity contribution in [3.05, 3.63) is 23.7 Å². The van der Waals surface area contributed by atoms with Gasteiger partial charge in [-0.3, -0.25) is 0 Å². The van der Waals surface area contributed by atoms with Crippen LogP contribution in [0.25, 0.3) is 10.1 Å². The van der Waals surface area contributed by atoms with E-state index in [4.69, 9.17) is 0 Å². The highest BCUT2D eigenvalue weighted by molar-refractivity contribution is 7.17. The molecule has 2 aromatic rings. The Morgan fingerprint density at radius 1 is 1.53 bits per heavy atom. The number of nitrogens with zero attached hydrogens (tertiary/aromatic N) is 2. The maximum Gasteiger partial charge on any atom is 0.137 e. The van der Waals surface area contributed by atoms with E-state index in [1.54, 1.807) is 11.3 Å². The van der Waals surface area contributed by atoms with Crippen molar-refractivity contribution in [2.45, 2.75) is 18.9 Å². The van der Waals surface area contributed by atoms with E-state index in [1.807, 2.05) is 6.20 Å². The maximum atomic E-state index is 4.53. The number of pyridine rings is 1. The van der Waals surface area contributed by atoms with Gasteiger partial charge < -0.3 is 10.2 Å². The van der Waals surface area contributed by atoms with Crippen LogP contribution in [0, 0.1) is 0 Å². The Kier molecular flexibility index (Phi) is 2.99. The van der Waals surface area contributed by atoms with Gasteiger partial charge in [0.15, 0.2) is 0 Å². The predicted molar refractivity (Wildman–Crippen MR) is 73.9 cm³/mol. The van der Waals surface area contributed by atoms with E-state index in [-0.39, 0.29) is 0 Å². The summed E-state index contributed by atoms with van der Waals surface area (Å²) in [5.41, 5.74) is 0. The van der Waals surface area contributed by atoms with Crippen molar-refractivity contribution in [3.8, 4) is 0 Å². The second kappa shape index (κ2) is 4.63. The molecule has 1 unspecified atom stereocenters. The van der Waals surface area contributed by atoms with Gasteiger partial charge in [-0.1, -0.05) is 0 Å². The normalized spacial score (nSPS) is 19.9. The van der Waals surface area contributed by atoms with Crippen LogP contribution < -0.4 is 10.2 Å².